The molecule has 0 bridgehead atoms. The zero-order valence-corrected chi connectivity index (χ0v) is 12.1. The molecule has 1 nitrogen and oxygen atoms in total. The van der Waals surface area contributed by atoms with E-state index >= 15 is 0 Å². The van der Waals surface area contributed by atoms with Crippen LogP contribution in [0.15, 0.2) is 24.3 Å². The van der Waals surface area contributed by atoms with Crippen LogP contribution in [0.2, 0.25) is 0 Å². The average Bonchev–Trinajstić information content (AvgIpc) is 2.38. The number of hydrogen-bond donors (Lipinski definition) is 1. The molecule has 0 saturated heterocycles. The van der Waals surface area contributed by atoms with Crippen molar-refractivity contribution in [3.05, 3.63) is 35.4 Å². The first-order valence-electron chi connectivity index (χ1n) is 7.51. The summed E-state index contributed by atoms with van der Waals surface area (Å²) in [5.41, 5.74) is 2.95. The van der Waals surface area contributed by atoms with Crippen molar-refractivity contribution >= 4 is 0 Å². The van der Waals surface area contributed by atoms with Crippen LogP contribution < -0.4 is 5.32 Å². The highest BCUT2D eigenvalue weighted by Gasteiger charge is 2.27. The first-order chi connectivity index (χ1) is 8.72. The molecule has 1 aliphatic carbocycles. The Morgan fingerprint density at radius 2 is 1.83 bits per heavy atom. The third-order valence-electron chi connectivity index (χ3n) is 4.48. The molecule has 0 aliphatic heterocycles. The highest BCUT2D eigenvalue weighted by molar-refractivity contribution is 5.29. The van der Waals surface area contributed by atoms with Crippen LogP contribution in [0.5, 0.6) is 0 Å². The van der Waals surface area contributed by atoms with E-state index in [0.717, 1.165) is 18.4 Å². The fourth-order valence-corrected chi connectivity index (χ4v) is 3.31. The van der Waals surface area contributed by atoms with E-state index in [9.17, 15) is 0 Å². The van der Waals surface area contributed by atoms with Gasteiger partial charge >= 0.3 is 0 Å². The molecule has 1 fully saturated rings. The summed E-state index contributed by atoms with van der Waals surface area (Å²) in [6.45, 7) is 7.92. The monoisotopic (exact) mass is 245 g/mol. The number of nitrogens with one attached hydrogen (secondary N) is 1. The summed E-state index contributed by atoms with van der Waals surface area (Å²) in [7, 11) is 0. The highest BCUT2D eigenvalue weighted by Crippen LogP contribution is 2.37. The third-order valence-corrected chi connectivity index (χ3v) is 4.48. The van der Waals surface area contributed by atoms with Gasteiger partial charge in [-0.1, -0.05) is 51.0 Å². The predicted molar refractivity (Wildman–Crippen MR) is 78.7 cm³/mol. The Morgan fingerprint density at radius 1 is 1.17 bits per heavy atom. The van der Waals surface area contributed by atoms with Crippen molar-refractivity contribution in [1.82, 2.24) is 5.32 Å². The summed E-state index contributed by atoms with van der Waals surface area (Å²) in [6, 6.07) is 9.43. The molecule has 18 heavy (non-hydrogen) atoms. The van der Waals surface area contributed by atoms with Gasteiger partial charge in [-0.3, -0.25) is 0 Å². The minimum Gasteiger partial charge on any atom is -0.310 e. The van der Waals surface area contributed by atoms with Gasteiger partial charge in [0, 0.05) is 6.04 Å². The Morgan fingerprint density at radius 3 is 2.44 bits per heavy atom. The summed E-state index contributed by atoms with van der Waals surface area (Å²) in [5, 5.41) is 3.72. The van der Waals surface area contributed by atoms with Crippen LogP contribution in [-0.4, -0.2) is 6.54 Å². The first-order valence-corrected chi connectivity index (χ1v) is 7.51. The van der Waals surface area contributed by atoms with Crippen LogP contribution >= 0.6 is 0 Å². The van der Waals surface area contributed by atoms with Gasteiger partial charge in [0.1, 0.15) is 0 Å². The maximum Gasteiger partial charge on any atom is 0.0351 e. The molecule has 1 aliphatic rings. The second-order valence-electron chi connectivity index (χ2n) is 5.91. The second-order valence-corrected chi connectivity index (χ2v) is 5.91. The summed E-state index contributed by atoms with van der Waals surface area (Å²) >= 11 is 0. The standard InChI is InChI=1S/C17H27N/c1-4-18-17(15-11-9-13(2)10-12-15)16-8-6-5-7-14(16)3/h5-8,13,15,17-18H,4,9-12H2,1-3H3. The van der Waals surface area contributed by atoms with Gasteiger partial charge in [0.05, 0.1) is 0 Å². The molecular weight excluding hydrogens is 218 g/mol. The van der Waals surface area contributed by atoms with Crippen LogP contribution in [0, 0.1) is 18.8 Å². The summed E-state index contributed by atoms with van der Waals surface area (Å²) in [6.07, 6.45) is 5.57. The van der Waals surface area contributed by atoms with E-state index in [1.165, 1.54) is 36.8 Å². The van der Waals surface area contributed by atoms with Crippen molar-refractivity contribution < 1.29 is 0 Å². The fourth-order valence-electron chi connectivity index (χ4n) is 3.31. The van der Waals surface area contributed by atoms with Gasteiger partial charge in [-0.05, 0) is 49.3 Å². The average molecular weight is 245 g/mol. The van der Waals surface area contributed by atoms with Crippen LogP contribution in [0.3, 0.4) is 0 Å². The Labute approximate surface area is 112 Å². The lowest BCUT2D eigenvalue weighted by Crippen LogP contribution is -2.31. The fraction of sp³-hybridized carbons (Fsp3) is 0.647. The van der Waals surface area contributed by atoms with E-state index in [1.54, 1.807) is 0 Å². The molecule has 0 spiro atoms. The van der Waals surface area contributed by atoms with Gasteiger partial charge in [0.2, 0.25) is 0 Å². The quantitative estimate of drug-likeness (QED) is 0.825. The van der Waals surface area contributed by atoms with Gasteiger partial charge < -0.3 is 5.32 Å². The van der Waals surface area contributed by atoms with Crippen LogP contribution in [0.1, 0.15) is 56.7 Å². The molecule has 1 saturated carbocycles. The highest BCUT2D eigenvalue weighted by atomic mass is 14.9. The molecule has 0 heterocycles. The van der Waals surface area contributed by atoms with Gasteiger partial charge in [-0.15, -0.1) is 0 Å². The van der Waals surface area contributed by atoms with Gasteiger partial charge in [-0.25, -0.2) is 0 Å². The van der Waals surface area contributed by atoms with Gasteiger partial charge in [-0.2, -0.15) is 0 Å². The van der Waals surface area contributed by atoms with Crippen molar-refractivity contribution in [2.24, 2.45) is 11.8 Å². The maximum absolute atomic E-state index is 3.72. The Bertz CT molecular complexity index is 364. The normalized spacial score (nSPS) is 25.9. The van der Waals surface area contributed by atoms with Crippen LogP contribution in [0.25, 0.3) is 0 Å². The minimum atomic E-state index is 0.559. The number of aryl methyl sites for hydroxylation is 1. The number of hydrogen-bond acceptors (Lipinski definition) is 1. The van der Waals surface area contributed by atoms with Crippen molar-refractivity contribution in [1.29, 1.82) is 0 Å². The number of benzene rings is 1. The predicted octanol–water partition coefficient (Wildman–Crippen LogP) is 4.47. The zero-order valence-electron chi connectivity index (χ0n) is 12.1. The van der Waals surface area contributed by atoms with Crippen LogP contribution in [-0.2, 0) is 0 Å². The molecule has 0 amide bonds. The van der Waals surface area contributed by atoms with Crippen molar-refractivity contribution in [3.63, 3.8) is 0 Å². The zero-order chi connectivity index (χ0) is 13.0. The molecule has 1 heteroatoms. The Kier molecular flexibility index (Phi) is 4.82. The van der Waals surface area contributed by atoms with E-state index in [1.807, 2.05) is 0 Å². The largest absolute Gasteiger partial charge is 0.310 e. The summed E-state index contributed by atoms with van der Waals surface area (Å²) in [5.74, 6) is 1.75. The molecule has 100 valence electrons. The third kappa shape index (κ3) is 3.14. The molecule has 0 aromatic heterocycles. The minimum absolute atomic E-state index is 0.559. The topological polar surface area (TPSA) is 12.0 Å². The van der Waals surface area contributed by atoms with Gasteiger partial charge in [0.25, 0.3) is 0 Å². The van der Waals surface area contributed by atoms with E-state index in [0.29, 0.717) is 6.04 Å². The lowest BCUT2D eigenvalue weighted by atomic mass is 9.76. The molecule has 1 N–H and O–H groups in total. The summed E-state index contributed by atoms with van der Waals surface area (Å²) < 4.78 is 0. The van der Waals surface area contributed by atoms with Crippen molar-refractivity contribution in [3.8, 4) is 0 Å². The first kappa shape index (κ1) is 13.6. The molecular formula is C17H27N. The van der Waals surface area contributed by atoms with Crippen molar-refractivity contribution in [2.75, 3.05) is 6.54 Å². The summed E-state index contributed by atoms with van der Waals surface area (Å²) in [4.78, 5) is 0. The molecule has 0 radical (unpaired) electrons. The van der Waals surface area contributed by atoms with Crippen LogP contribution in [0.4, 0.5) is 0 Å². The van der Waals surface area contributed by atoms with E-state index in [2.05, 4.69) is 50.4 Å². The van der Waals surface area contributed by atoms with E-state index < -0.39 is 0 Å². The Balaban J connectivity index is 2.15. The van der Waals surface area contributed by atoms with E-state index in [-0.39, 0.29) is 0 Å². The molecule has 1 aromatic carbocycles. The maximum atomic E-state index is 3.72. The molecule has 1 atom stereocenters. The van der Waals surface area contributed by atoms with E-state index in [4.69, 9.17) is 0 Å². The lowest BCUT2D eigenvalue weighted by molar-refractivity contribution is 0.233. The smallest absolute Gasteiger partial charge is 0.0351 e. The van der Waals surface area contributed by atoms with Crippen molar-refractivity contribution in [2.45, 2.75) is 52.5 Å². The number of rotatable bonds is 4. The molecule has 1 unspecified atom stereocenters. The van der Waals surface area contributed by atoms with Gasteiger partial charge in [0.15, 0.2) is 0 Å². The molecule has 2 rings (SSSR count). The SMILES string of the molecule is CCNC(c1ccccc1C)C1CCC(C)CC1. The lowest BCUT2D eigenvalue weighted by Gasteiger charge is -2.34. The Hall–Kier alpha value is -0.820. The molecule has 1 aromatic rings. The second kappa shape index (κ2) is 6.38.